The van der Waals surface area contributed by atoms with Crippen LogP contribution in [0.5, 0.6) is 0 Å². The van der Waals surface area contributed by atoms with Gasteiger partial charge in [-0.25, -0.2) is 13.6 Å². The fourth-order valence-corrected chi connectivity index (χ4v) is 4.63. The Kier molecular flexibility index (Phi) is 5.74. The van der Waals surface area contributed by atoms with E-state index in [0.29, 0.717) is 0 Å². The summed E-state index contributed by atoms with van der Waals surface area (Å²) in [5.41, 5.74) is 2.47. The topological polar surface area (TPSA) is 89.3 Å². The van der Waals surface area contributed by atoms with Crippen molar-refractivity contribution in [2.24, 2.45) is 5.14 Å². The molecule has 3 rings (SSSR count). The molecule has 0 unspecified atom stereocenters. The van der Waals surface area contributed by atoms with Gasteiger partial charge in [0.2, 0.25) is 10.0 Å². The van der Waals surface area contributed by atoms with Crippen LogP contribution < -0.4 is 10.5 Å². The van der Waals surface area contributed by atoms with Gasteiger partial charge in [-0.1, -0.05) is 60.7 Å². The molecular formula is C20H20N2O3S2. The highest BCUT2D eigenvalue weighted by Crippen LogP contribution is 2.28. The SMILES string of the molecule is C[C@@H](NC(=O)c1csc(S(N)(=O)=O)c1)C(c1ccccc1)c1ccccc1. The number of carbonyl (C=O) groups excluding carboxylic acids is 1. The number of sulfonamides is 1. The monoisotopic (exact) mass is 400 g/mol. The molecule has 7 heteroatoms. The first-order valence-electron chi connectivity index (χ1n) is 8.38. The summed E-state index contributed by atoms with van der Waals surface area (Å²) in [6.45, 7) is 1.94. The van der Waals surface area contributed by atoms with E-state index >= 15 is 0 Å². The molecule has 1 atom stereocenters. The predicted molar refractivity (Wildman–Crippen MR) is 107 cm³/mol. The van der Waals surface area contributed by atoms with Gasteiger partial charge in [-0.05, 0) is 24.1 Å². The molecule has 27 heavy (non-hydrogen) atoms. The van der Waals surface area contributed by atoms with Crippen LogP contribution in [0.15, 0.2) is 76.3 Å². The van der Waals surface area contributed by atoms with Gasteiger partial charge in [-0.3, -0.25) is 4.79 Å². The van der Waals surface area contributed by atoms with E-state index in [9.17, 15) is 13.2 Å². The highest BCUT2D eigenvalue weighted by molar-refractivity contribution is 7.91. The zero-order valence-electron chi connectivity index (χ0n) is 14.7. The van der Waals surface area contributed by atoms with Crippen LogP contribution in [0.25, 0.3) is 0 Å². The second kappa shape index (κ2) is 8.04. The summed E-state index contributed by atoms with van der Waals surface area (Å²) >= 11 is 0.939. The summed E-state index contributed by atoms with van der Waals surface area (Å²) in [6.07, 6.45) is 0. The maximum absolute atomic E-state index is 12.6. The molecule has 0 saturated heterocycles. The summed E-state index contributed by atoms with van der Waals surface area (Å²) in [4.78, 5) is 12.6. The molecule has 0 aliphatic heterocycles. The number of hydrogen-bond donors (Lipinski definition) is 2. The molecule has 1 heterocycles. The lowest BCUT2D eigenvalue weighted by atomic mass is 9.85. The molecule has 2 aromatic carbocycles. The van der Waals surface area contributed by atoms with Crippen molar-refractivity contribution in [3.05, 3.63) is 88.8 Å². The molecule has 3 aromatic rings. The molecule has 5 nitrogen and oxygen atoms in total. The van der Waals surface area contributed by atoms with Crippen molar-refractivity contribution in [3.63, 3.8) is 0 Å². The Bertz CT molecular complexity index is 976. The summed E-state index contributed by atoms with van der Waals surface area (Å²) in [5, 5.41) is 9.61. The highest BCUT2D eigenvalue weighted by atomic mass is 32.2. The quantitative estimate of drug-likeness (QED) is 0.665. The van der Waals surface area contributed by atoms with Crippen molar-refractivity contribution < 1.29 is 13.2 Å². The molecule has 3 N–H and O–H groups in total. The van der Waals surface area contributed by atoms with E-state index in [0.717, 1.165) is 22.5 Å². The van der Waals surface area contributed by atoms with Crippen LogP contribution in [0.2, 0.25) is 0 Å². The summed E-state index contributed by atoms with van der Waals surface area (Å²) in [5.74, 6) is -0.363. The fraction of sp³-hybridized carbons (Fsp3) is 0.150. The lowest BCUT2D eigenvalue weighted by molar-refractivity contribution is 0.0937. The first-order valence-corrected chi connectivity index (χ1v) is 10.8. The second-order valence-corrected chi connectivity index (χ2v) is 8.96. The molecule has 0 spiro atoms. The zero-order valence-corrected chi connectivity index (χ0v) is 16.3. The smallest absolute Gasteiger partial charge is 0.252 e. The van der Waals surface area contributed by atoms with Crippen molar-refractivity contribution in [3.8, 4) is 0 Å². The zero-order chi connectivity index (χ0) is 19.4. The van der Waals surface area contributed by atoms with E-state index in [2.05, 4.69) is 5.32 Å². The molecule has 0 bridgehead atoms. The molecule has 0 fully saturated rings. The van der Waals surface area contributed by atoms with Crippen LogP contribution in [0.1, 0.15) is 34.3 Å². The number of benzene rings is 2. The summed E-state index contributed by atoms with van der Waals surface area (Å²) in [6, 6.07) is 21.0. The lowest BCUT2D eigenvalue weighted by Crippen LogP contribution is -2.37. The minimum atomic E-state index is -3.81. The fourth-order valence-electron chi connectivity index (χ4n) is 3.05. The number of nitrogens with two attached hydrogens (primary N) is 1. The van der Waals surface area contributed by atoms with Gasteiger partial charge in [-0.2, -0.15) is 0 Å². The summed E-state index contributed by atoms with van der Waals surface area (Å²) < 4.78 is 22.8. The van der Waals surface area contributed by atoms with Crippen LogP contribution in [-0.4, -0.2) is 20.4 Å². The number of hydrogen-bond acceptors (Lipinski definition) is 4. The Hall–Kier alpha value is -2.48. The van der Waals surface area contributed by atoms with E-state index < -0.39 is 10.0 Å². The number of primary sulfonamides is 1. The third-order valence-corrected chi connectivity index (χ3v) is 6.68. The third kappa shape index (κ3) is 4.63. The molecule has 1 amide bonds. The number of carbonyl (C=O) groups is 1. The predicted octanol–water partition coefficient (Wildman–Crippen LogP) is 3.35. The molecule has 0 aliphatic carbocycles. The standard InChI is InChI=1S/C20H20N2O3S2/c1-14(22-20(23)17-12-18(26-13-17)27(21,24)25)19(15-8-4-2-5-9-15)16-10-6-3-7-11-16/h2-14,19H,1H3,(H,22,23)(H2,21,24,25)/t14-/m1/s1. The number of rotatable bonds is 6. The van der Waals surface area contributed by atoms with Crippen molar-refractivity contribution >= 4 is 27.3 Å². The van der Waals surface area contributed by atoms with E-state index in [-0.39, 0.29) is 27.6 Å². The largest absolute Gasteiger partial charge is 0.349 e. The van der Waals surface area contributed by atoms with Crippen molar-refractivity contribution in [1.82, 2.24) is 5.32 Å². The first kappa shape index (κ1) is 19.3. The van der Waals surface area contributed by atoms with E-state index in [1.54, 1.807) is 0 Å². The molecular weight excluding hydrogens is 380 g/mol. The molecule has 0 radical (unpaired) electrons. The Balaban J connectivity index is 1.86. The van der Waals surface area contributed by atoms with Gasteiger partial charge in [0.15, 0.2) is 0 Å². The minimum absolute atomic E-state index is 0.0250. The normalized spacial score (nSPS) is 12.7. The van der Waals surface area contributed by atoms with Crippen molar-refractivity contribution in [2.75, 3.05) is 0 Å². The van der Waals surface area contributed by atoms with Crippen molar-refractivity contribution in [1.29, 1.82) is 0 Å². The Morgan fingerprint density at radius 2 is 1.52 bits per heavy atom. The van der Waals surface area contributed by atoms with Crippen LogP contribution in [0.4, 0.5) is 0 Å². The Morgan fingerprint density at radius 3 is 1.96 bits per heavy atom. The van der Waals surface area contributed by atoms with Gasteiger partial charge in [0, 0.05) is 17.3 Å². The number of nitrogens with one attached hydrogen (secondary N) is 1. The maximum atomic E-state index is 12.6. The number of amides is 1. The Labute approximate surface area is 162 Å². The van der Waals surface area contributed by atoms with E-state index in [1.165, 1.54) is 11.4 Å². The van der Waals surface area contributed by atoms with Gasteiger partial charge in [-0.15, -0.1) is 11.3 Å². The average molecular weight is 401 g/mol. The lowest BCUT2D eigenvalue weighted by Gasteiger charge is -2.26. The van der Waals surface area contributed by atoms with Crippen LogP contribution >= 0.6 is 11.3 Å². The molecule has 140 valence electrons. The van der Waals surface area contributed by atoms with Crippen LogP contribution in [-0.2, 0) is 10.0 Å². The van der Waals surface area contributed by atoms with Crippen molar-refractivity contribution in [2.45, 2.75) is 23.1 Å². The summed E-state index contributed by atoms with van der Waals surface area (Å²) in [7, 11) is -3.81. The van der Waals surface area contributed by atoms with Gasteiger partial charge < -0.3 is 5.32 Å². The molecule has 0 saturated carbocycles. The second-order valence-electron chi connectivity index (χ2n) is 6.26. The first-order chi connectivity index (χ1) is 12.9. The minimum Gasteiger partial charge on any atom is -0.349 e. The van der Waals surface area contributed by atoms with Gasteiger partial charge in [0.1, 0.15) is 4.21 Å². The van der Waals surface area contributed by atoms with Gasteiger partial charge in [0.05, 0.1) is 5.56 Å². The van der Waals surface area contributed by atoms with E-state index in [4.69, 9.17) is 5.14 Å². The Morgan fingerprint density at radius 1 is 1.00 bits per heavy atom. The van der Waals surface area contributed by atoms with E-state index in [1.807, 2.05) is 67.6 Å². The van der Waals surface area contributed by atoms with Gasteiger partial charge >= 0.3 is 0 Å². The highest BCUT2D eigenvalue weighted by Gasteiger charge is 2.24. The third-order valence-electron chi connectivity index (χ3n) is 4.29. The van der Waals surface area contributed by atoms with Gasteiger partial charge in [0.25, 0.3) is 5.91 Å². The number of thiophene rings is 1. The average Bonchev–Trinajstić information content (AvgIpc) is 3.14. The molecule has 1 aromatic heterocycles. The maximum Gasteiger partial charge on any atom is 0.252 e. The molecule has 0 aliphatic rings. The van der Waals surface area contributed by atoms with Crippen LogP contribution in [0.3, 0.4) is 0 Å². The van der Waals surface area contributed by atoms with Crippen LogP contribution in [0, 0.1) is 0 Å².